The van der Waals surface area contributed by atoms with Gasteiger partial charge in [-0.3, -0.25) is 0 Å². The van der Waals surface area contributed by atoms with E-state index in [9.17, 15) is 18.0 Å². The van der Waals surface area contributed by atoms with Gasteiger partial charge < -0.3 is 14.4 Å². The van der Waals surface area contributed by atoms with Gasteiger partial charge in [-0.1, -0.05) is 12.1 Å². The molecule has 0 unspecified atom stereocenters. The van der Waals surface area contributed by atoms with Crippen molar-refractivity contribution in [1.82, 2.24) is 9.55 Å². The second-order valence-corrected chi connectivity index (χ2v) is 4.22. The van der Waals surface area contributed by atoms with Gasteiger partial charge in [-0.05, 0) is 12.1 Å². The van der Waals surface area contributed by atoms with Crippen LogP contribution in [0.1, 0.15) is 21.9 Å². The van der Waals surface area contributed by atoms with Crippen LogP contribution >= 0.6 is 0 Å². The Bertz CT molecular complexity index is 665. The van der Waals surface area contributed by atoms with Crippen molar-refractivity contribution in [3.63, 3.8) is 0 Å². The third-order valence-corrected chi connectivity index (χ3v) is 2.84. The molecule has 0 amide bonds. The molecule has 2 aromatic rings. The first kappa shape index (κ1) is 14.9. The van der Waals surface area contributed by atoms with Gasteiger partial charge in [0.25, 0.3) is 0 Å². The number of hydrogen-bond donors (Lipinski definition) is 1. The quantitative estimate of drug-likeness (QED) is 0.943. The standard InChI is InChI=1S/C13H11F3N2O3/c1-18-8(6-17-11(18)12(19)20)7-21-10-5-3-2-4-9(10)13(14,15)16/h2-6H,7H2,1H3,(H,19,20). The molecule has 0 atom stereocenters. The van der Waals surface area contributed by atoms with Gasteiger partial charge in [-0.25, -0.2) is 9.78 Å². The molecule has 1 N–H and O–H groups in total. The molecule has 0 bridgehead atoms. The lowest BCUT2D eigenvalue weighted by Crippen LogP contribution is -2.11. The summed E-state index contributed by atoms with van der Waals surface area (Å²) in [5, 5.41) is 8.84. The number of hydrogen-bond acceptors (Lipinski definition) is 3. The Labute approximate surface area is 117 Å². The van der Waals surface area contributed by atoms with Gasteiger partial charge in [-0.15, -0.1) is 0 Å². The van der Waals surface area contributed by atoms with E-state index >= 15 is 0 Å². The van der Waals surface area contributed by atoms with Crippen LogP contribution in [0.25, 0.3) is 0 Å². The maximum absolute atomic E-state index is 12.8. The maximum Gasteiger partial charge on any atom is 0.419 e. The van der Waals surface area contributed by atoms with Gasteiger partial charge in [-0.2, -0.15) is 13.2 Å². The van der Waals surface area contributed by atoms with E-state index in [4.69, 9.17) is 9.84 Å². The summed E-state index contributed by atoms with van der Waals surface area (Å²) >= 11 is 0. The Hall–Kier alpha value is -2.51. The van der Waals surface area contributed by atoms with Gasteiger partial charge in [0.15, 0.2) is 0 Å². The topological polar surface area (TPSA) is 64.4 Å². The van der Waals surface area contributed by atoms with Crippen LogP contribution in [0.5, 0.6) is 5.75 Å². The molecule has 0 aliphatic carbocycles. The zero-order chi connectivity index (χ0) is 15.6. The summed E-state index contributed by atoms with van der Waals surface area (Å²) in [5.74, 6) is -1.75. The second kappa shape index (κ2) is 5.47. The number of imidazole rings is 1. The van der Waals surface area contributed by atoms with Crippen molar-refractivity contribution in [2.24, 2.45) is 7.05 Å². The molecule has 0 radical (unpaired) electrons. The molecule has 21 heavy (non-hydrogen) atoms. The molecule has 8 heteroatoms. The van der Waals surface area contributed by atoms with Crippen LogP contribution in [0.15, 0.2) is 30.5 Å². The summed E-state index contributed by atoms with van der Waals surface area (Å²) in [5.41, 5.74) is -0.532. The predicted molar refractivity (Wildman–Crippen MR) is 65.9 cm³/mol. The van der Waals surface area contributed by atoms with Crippen molar-refractivity contribution in [3.8, 4) is 5.75 Å². The fraction of sp³-hybridized carbons (Fsp3) is 0.231. The Morgan fingerprint density at radius 2 is 2.05 bits per heavy atom. The summed E-state index contributed by atoms with van der Waals surface area (Å²) < 4.78 is 44.8. The number of carbonyl (C=O) groups is 1. The first-order valence-electron chi connectivity index (χ1n) is 5.83. The third kappa shape index (κ3) is 3.15. The van der Waals surface area contributed by atoms with Crippen LogP contribution in [0.2, 0.25) is 0 Å². The number of carboxylic acids is 1. The average molecular weight is 300 g/mol. The van der Waals surface area contributed by atoms with E-state index in [2.05, 4.69) is 4.98 Å². The van der Waals surface area contributed by atoms with Gasteiger partial charge in [0.2, 0.25) is 5.82 Å². The van der Waals surface area contributed by atoms with Crippen LogP contribution in [0, 0.1) is 0 Å². The number of halogens is 3. The number of alkyl halides is 3. The number of ether oxygens (including phenoxy) is 1. The van der Waals surface area contributed by atoms with Gasteiger partial charge >= 0.3 is 12.1 Å². The molecular weight excluding hydrogens is 289 g/mol. The molecule has 1 aromatic heterocycles. The Morgan fingerprint density at radius 3 is 2.62 bits per heavy atom. The van der Waals surface area contributed by atoms with E-state index in [-0.39, 0.29) is 18.2 Å². The zero-order valence-corrected chi connectivity index (χ0v) is 10.9. The van der Waals surface area contributed by atoms with Crippen molar-refractivity contribution >= 4 is 5.97 Å². The minimum atomic E-state index is -4.52. The summed E-state index contributed by atoms with van der Waals surface area (Å²) in [4.78, 5) is 14.5. The lowest BCUT2D eigenvalue weighted by atomic mass is 10.2. The van der Waals surface area contributed by atoms with Gasteiger partial charge in [0.05, 0.1) is 17.5 Å². The molecule has 0 saturated carbocycles. The van der Waals surface area contributed by atoms with Crippen LogP contribution < -0.4 is 4.74 Å². The van der Waals surface area contributed by atoms with E-state index < -0.39 is 17.7 Å². The SMILES string of the molecule is Cn1c(COc2ccccc2C(F)(F)F)cnc1C(=O)O. The summed E-state index contributed by atoms with van der Waals surface area (Å²) in [7, 11) is 1.45. The van der Waals surface area contributed by atoms with E-state index in [0.717, 1.165) is 6.07 Å². The van der Waals surface area contributed by atoms with Crippen LogP contribution in [0.3, 0.4) is 0 Å². The van der Waals surface area contributed by atoms with E-state index in [1.54, 1.807) is 0 Å². The molecule has 112 valence electrons. The molecule has 0 fully saturated rings. The Balaban J connectivity index is 2.20. The smallest absolute Gasteiger partial charge is 0.419 e. The number of para-hydroxylation sites is 1. The lowest BCUT2D eigenvalue weighted by Gasteiger charge is -2.13. The van der Waals surface area contributed by atoms with Crippen molar-refractivity contribution in [2.75, 3.05) is 0 Å². The normalized spacial score (nSPS) is 11.4. The molecule has 1 aromatic carbocycles. The number of benzene rings is 1. The van der Waals surface area contributed by atoms with Gasteiger partial charge in [0.1, 0.15) is 12.4 Å². The van der Waals surface area contributed by atoms with Crippen LogP contribution in [-0.2, 0) is 19.8 Å². The molecule has 2 rings (SSSR count). The van der Waals surface area contributed by atoms with Crippen molar-refractivity contribution in [3.05, 3.63) is 47.5 Å². The first-order valence-corrected chi connectivity index (χ1v) is 5.83. The summed E-state index contributed by atoms with van der Waals surface area (Å²) in [6.45, 7) is -0.218. The Morgan fingerprint density at radius 1 is 1.38 bits per heavy atom. The molecule has 0 aliphatic heterocycles. The number of rotatable bonds is 4. The highest BCUT2D eigenvalue weighted by molar-refractivity contribution is 5.83. The highest BCUT2D eigenvalue weighted by Gasteiger charge is 2.34. The molecule has 5 nitrogen and oxygen atoms in total. The zero-order valence-electron chi connectivity index (χ0n) is 10.9. The van der Waals surface area contributed by atoms with Gasteiger partial charge in [0, 0.05) is 7.05 Å². The number of carboxylic acid groups (broad SMARTS) is 1. The third-order valence-electron chi connectivity index (χ3n) is 2.84. The van der Waals surface area contributed by atoms with Crippen LogP contribution in [0.4, 0.5) is 13.2 Å². The van der Waals surface area contributed by atoms with Crippen molar-refractivity contribution in [1.29, 1.82) is 0 Å². The molecule has 0 spiro atoms. The second-order valence-electron chi connectivity index (χ2n) is 4.22. The maximum atomic E-state index is 12.8. The number of nitrogens with zero attached hydrogens (tertiary/aromatic N) is 2. The lowest BCUT2D eigenvalue weighted by molar-refractivity contribution is -0.139. The summed E-state index contributed by atoms with van der Waals surface area (Å²) in [6, 6.07) is 4.82. The predicted octanol–water partition coefficient (Wildman–Crippen LogP) is 2.72. The highest BCUT2D eigenvalue weighted by Crippen LogP contribution is 2.36. The average Bonchev–Trinajstić information content (AvgIpc) is 2.77. The van der Waals surface area contributed by atoms with E-state index in [1.165, 1.54) is 36.0 Å². The fourth-order valence-corrected chi connectivity index (χ4v) is 1.76. The molecule has 0 aliphatic rings. The number of aromatic carboxylic acids is 1. The fourth-order valence-electron chi connectivity index (χ4n) is 1.76. The summed E-state index contributed by atoms with van der Waals surface area (Å²) in [6.07, 6.45) is -3.27. The minimum Gasteiger partial charge on any atom is -0.487 e. The molecule has 1 heterocycles. The molecule has 0 saturated heterocycles. The monoisotopic (exact) mass is 300 g/mol. The van der Waals surface area contributed by atoms with E-state index in [1.807, 2.05) is 0 Å². The number of aromatic nitrogens is 2. The molecular formula is C13H11F3N2O3. The Kier molecular flexibility index (Phi) is 3.88. The van der Waals surface area contributed by atoms with Crippen LogP contribution in [-0.4, -0.2) is 20.6 Å². The highest BCUT2D eigenvalue weighted by atomic mass is 19.4. The van der Waals surface area contributed by atoms with Crippen molar-refractivity contribution < 1.29 is 27.8 Å². The van der Waals surface area contributed by atoms with E-state index in [0.29, 0.717) is 5.69 Å². The minimum absolute atomic E-state index is 0.210. The largest absolute Gasteiger partial charge is 0.487 e. The van der Waals surface area contributed by atoms with Crippen molar-refractivity contribution in [2.45, 2.75) is 12.8 Å². The first-order chi connectivity index (χ1) is 9.80.